The molecule has 1 aliphatic heterocycles. The normalized spacial score (nSPS) is 18.4. The van der Waals surface area contributed by atoms with E-state index in [4.69, 9.17) is 4.74 Å². The molecule has 5 heteroatoms. The molecule has 1 aliphatic rings. The van der Waals surface area contributed by atoms with Gasteiger partial charge in [0.15, 0.2) is 0 Å². The van der Waals surface area contributed by atoms with Crippen molar-refractivity contribution in [1.29, 1.82) is 5.26 Å². The van der Waals surface area contributed by atoms with Crippen molar-refractivity contribution in [2.75, 3.05) is 18.6 Å². The maximum Gasteiger partial charge on any atom is 0.307 e. The Balaban J connectivity index is 2.31. The highest BCUT2D eigenvalue weighted by atomic mass is 79.9. The lowest BCUT2D eigenvalue weighted by atomic mass is 9.97. The Morgan fingerprint density at radius 2 is 2.35 bits per heavy atom. The van der Waals surface area contributed by atoms with Crippen LogP contribution in [0.3, 0.4) is 0 Å². The second kappa shape index (κ2) is 6.76. The SMILES string of the molecule is COC(=O)CC1CCCCN1c1cccc(Br)c1C#N. The van der Waals surface area contributed by atoms with Gasteiger partial charge in [-0.1, -0.05) is 6.07 Å². The molecule has 0 N–H and O–H groups in total. The van der Waals surface area contributed by atoms with E-state index in [1.165, 1.54) is 7.11 Å². The second-order valence-corrected chi connectivity index (χ2v) is 5.72. The van der Waals surface area contributed by atoms with Crippen LogP contribution in [0.4, 0.5) is 5.69 Å². The fraction of sp³-hybridized carbons (Fsp3) is 0.467. The number of carbonyl (C=O) groups is 1. The number of rotatable bonds is 3. The van der Waals surface area contributed by atoms with E-state index in [0.717, 1.165) is 36.0 Å². The highest BCUT2D eigenvalue weighted by Crippen LogP contribution is 2.32. The van der Waals surface area contributed by atoms with Crippen LogP contribution in [0.15, 0.2) is 22.7 Å². The molecule has 0 spiro atoms. The minimum atomic E-state index is -0.199. The summed E-state index contributed by atoms with van der Waals surface area (Å²) in [6, 6.07) is 8.08. The van der Waals surface area contributed by atoms with Crippen molar-refractivity contribution in [3.8, 4) is 6.07 Å². The first-order valence-corrected chi connectivity index (χ1v) is 7.48. The van der Waals surface area contributed by atoms with Crippen LogP contribution in [0.2, 0.25) is 0 Å². The largest absolute Gasteiger partial charge is 0.469 e. The zero-order valence-electron chi connectivity index (χ0n) is 11.4. The second-order valence-electron chi connectivity index (χ2n) is 4.87. The molecule has 0 aliphatic carbocycles. The van der Waals surface area contributed by atoms with Gasteiger partial charge in [0.2, 0.25) is 0 Å². The van der Waals surface area contributed by atoms with Crippen LogP contribution < -0.4 is 4.90 Å². The monoisotopic (exact) mass is 336 g/mol. The Morgan fingerprint density at radius 3 is 3.05 bits per heavy atom. The number of nitrogens with zero attached hydrogens (tertiary/aromatic N) is 2. The number of nitriles is 1. The summed E-state index contributed by atoms with van der Waals surface area (Å²) in [7, 11) is 1.41. The lowest BCUT2D eigenvalue weighted by Crippen LogP contribution is -2.41. The number of piperidine rings is 1. The Bertz CT molecular complexity index is 539. The number of benzene rings is 1. The molecule has 1 saturated heterocycles. The first-order chi connectivity index (χ1) is 9.67. The highest BCUT2D eigenvalue weighted by molar-refractivity contribution is 9.10. The molecule has 20 heavy (non-hydrogen) atoms. The molecule has 0 bridgehead atoms. The number of ether oxygens (including phenoxy) is 1. The van der Waals surface area contributed by atoms with E-state index in [2.05, 4.69) is 26.9 Å². The third-order valence-corrected chi connectivity index (χ3v) is 4.33. The van der Waals surface area contributed by atoms with Gasteiger partial charge in [-0.3, -0.25) is 4.79 Å². The third-order valence-electron chi connectivity index (χ3n) is 3.67. The summed E-state index contributed by atoms with van der Waals surface area (Å²) in [6.45, 7) is 0.868. The fourth-order valence-corrected chi connectivity index (χ4v) is 3.11. The first kappa shape index (κ1) is 14.9. The quantitative estimate of drug-likeness (QED) is 0.795. The van der Waals surface area contributed by atoms with Crippen molar-refractivity contribution in [3.63, 3.8) is 0 Å². The maximum atomic E-state index is 11.6. The van der Waals surface area contributed by atoms with E-state index in [1.807, 2.05) is 18.2 Å². The van der Waals surface area contributed by atoms with Gasteiger partial charge in [0.1, 0.15) is 6.07 Å². The Morgan fingerprint density at radius 1 is 1.55 bits per heavy atom. The molecule has 1 fully saturated rings. The number of anilines is 1. The molecule has 0 saturated carbocycles. The van der Waals surface area contributed by atoms with Crippen LogP contribution in [0.25, 0.3) is 0 Å². The number of hydrogen-bond donors (Lipinski definition) is 0. The average molecular weight is 337 g/mol. The predicted octanol–water partition coefficient (Wildman–Crippen LogP) is 3.24. The summed E-state index contributed by atoms with van der Waals surface area (Å²) >= 11 is 3.42. The molecular weight excluding hydrogens is 320 g/mol. The van der Waals surface area contributed by atoms with Crippen LogP contribution in [-0.4, -0.2) is 25.7 Å². The van der Waals surface area contributed by atoms with E-state index in [0.29, 0.717) is 12.0 Å². The van der Waals surface area contributed by atoms with Gasteiger partial charge in [0.25, 0.3) is 0 Å². The third kappa shape index (κ3) is 3.13. The van der Waals surface area contributed by atoms with Crippen LogP contribution in [0.5, 0.6) is 0 Å². The van der Waals surface area contributed by atoms with Gasteiger partial charge in [-0.15, -0.1) is 0 Å². The molecule has 1 aromatic carbocycles. The zero-order chi connectivity index (χ0) is 14.5. The maximum absolute atomic E-state index is 11.6. The van der Waals surface area contributed by atoms with Crippen LogP contribution in [-0.2, 0) is 9.53 Å². The first-order valence-electron chi connectivity index (χ1n) is 6.69. The van der Waals surface area contributed by atoms with Crippen molar-refractivity contribution in [3.05, 3.63) is 28.2 Å². The molecule has 1 unspecified atom stereocenters. The van der Waals surface area contributed by atoms with E-state index in [9.17, 15) is 10.1 Å². The highest BCUT2D eigenvalue weighted by Gasteiger charge is 2.27. The topological polar surface area (TPSA) is 53.3 Å². The molecule has 1 aromatic rings. The fourth-order valence-electron chi connectivity index (χ4n) is 2.67. The summed E-state index contributed by atoms with van der Waals surface area (Å²) in [5.41, 5.74) is 1.53. The van der Waals surface area contributed by atoms with Crippen LogP contribution >= 0.6 is 15.9 Å². The van der Waals surface area contributed by atoms with Gasteiger partial charge in [-0.05, 0) is 47.3 Å². The standard InChI is InChI=1S/C15H17BrN2O2/c1-20-15(19)9-11-5-2-3-8-18(11)14-7-4-6-13(16)12(14)10-17/h4,6-7,11H,2-3,5,8-9H2,1H3. The molecule has 2 rings (SSSR count). The molecule has 0 amide bonds. The van der Waals surface area contributed by atoms with Crippen molar-refractivity contribution in [2.45, 2.75) is 31.7 Å². The summed E-state index contributed by atoms with van der Waals surface area (Å²) in [4.78, 5) is 13.7. The molecular formula is C15H17BrN2O2. The Hall–Kier alpha value is -1.54. The van der Waals surface area contributed by atoms with E-state index in [-0.39, 0.29) is 12.0 Å². The van der Waals surface area contributed by atoms with Crippen LogP contribution in [0.1, 0.15) is 31.2 Å². The summed E-state index contributed by atoms with van der Waals surface area (Å²) in [6.07, 6.45) is 3.50. The lowest BCUT2D eigenvalue weighted by Gasteiger charge is -2.37. The van der Waals surface area contributed by atoms with E-state index >= 15 is 0 Å². The van der Waals surface area contributed by atoms with Gasteiger partial charge >= 0.3 is 5.97 Å². The van der Waals surface area contributed by atoms with Gasteiger partial charge < -0.3 is 9.64 Å². The Kier molecular flexibility index (Phi) is 5.02. The van der Waals surface area contributed by atoms with Crippen LogP contribution in [0, 0.1) is 11.3 Å². The number of esters is 1. The number of halogens is 1. The van der Waals surface area contributed by atoms with Crippen molar-refractivity contribution >= 4 is 27.6 Å². The number of methoxy groups -OCH3 is 1. The summed E-state index contributed by atoms with van der Waals surface area (Å²) in [5, 5.41) is 9.35. The van der Waals surface area contributed by atoms with Gasteiger partial charge in [-0.2, -0.15) is 5.26 Å². The molecule has 0 aromatic heterocycles. The molecule has 1 heterocycles. The minimum absolute atomic E-state index is 0.109. The summed E-state index contributed by atoms with van der Waals surface area (Å²) < 4.78 is 5.57. The van der Waals surface area contributed by atoms with Gasteiger partial charge in [0.05, 0.1) is 24.8 Å². The molecule has 0 radical (unpaired) electrons. The molecule has 1 atom stereocenters. The number of carbonyl (C=O) groups excluding carboxylic acids is 1. The lowest BCUT2D eigenvalue weighted by molar-refractivity contribution is -0.141. The molecule has 106 valence electrons. The van der Waals surface area contributed by atoms with E-state index < -0.39 is 0 Å². The van der Waals surface area contributed by atoms with Crippen molar-refractivity contribution in [1.82, 2.24) is 0 Å². The minimum Gasteiger partial charge on any atom is -0.469 e. The van der Waals surface area contributed by atoms with Gasteiger partial charge in [-0.25, -0.2) is 0 Å². The van der Waals surface area contributed by atoms with Crippen molar-refractivity contribution in [2.24, 2.45) is 0 Å². The van der Waals surface area contributed by atoms with E-state index in [1.54, 1.807) is 0 Å². The number of hydrogen-bond acceptors (Lipinski definition) is 4. The smallest absolute Gasteiger partial charge is 0.307 e. The van der Waals surface area contributed by atoms with Crippen molar-refractivity contribution < 1.29 is 9.53 Å². The average Bonchev–Trinajstić information content (AvgIpc) is 2.47. The Labute approximate surface area is 127 Å². The molecule has 4 nitrogen and oxygen atoms in total. The summed E-state index contributed by atoms with van der Waals surface area (Å²) in [5.74, 6) is -0.199. The zero-order valence-corrected chi connectivity index (χ0v) is 13.0. The predicted molar refractivity (Wildman–Crippen MR) is 80.5 cm³/mol. The van der Waals surface area contributed by atoms with Gasteiger partial charge in [0, 0.05) is 17.1 Å².